The minimum Gasteiger partial charge on any atom is -0.376 e. The molecule has 2 saturated heterocycles. The molecule has 0 saturated carbocycles. The van der Waals surface area contributed by atoms with E-state index in [1.165, 1.54) is 32.4 Å². The van der Waals surface area contributed by atoms with Crippen LogP contribution < -0.4 is 0 Å². The van der Waals surface area contributed by atoms with Crippen molar-refractivity contribution in [2.75, 3.05) is 39.3 Å². The summed E-state index contributed by atoms with van der Waals surface area (Å²) in [5.74, 6) is 0.964. The molecule has 0 aliphatic carbocycles. The fourth-order valence-corrected chi connectivity index (χ4v) is 3.37. The zero-order valence-electron chi connectivity index (χ0n) is 13.1. The summed E-state index contributed by atoms with van der Waals surface area (Å²) < 4.78 is 11.4. The quantitative estimate of drug-likeness (QED) is 0.850. The summed E-state index contributed by atoms with van der Waals surface area (Å²) in [4.78, 5) is 5.01. The van der Waals surface area contributed by atoms with Crippen molar-refractivity contribution in [2.45, 2.75) is 45.3 Å². The number of piperidine rings is 1. The van der Waals surface area contributed by atoms with Gasteiger partial charge in [0.25, 0.3) is 0 Å². The van der Waals surface area contributed by atoms with Crippen LogP contribution in [0, 0.1) is 6.92 Å². The lowest BCUT2D eigenvalue weighted by molar-refractivity contribution is 0.0209. The number of nitrogens with zero attached hydrogens (tertiary/aromatic N) is 3. The first kappa shape index (κ1) is 15.0. The molecule has 3 heterocycles. The Hall–Kier alpha value is -0.910. The number of hydrogen-bond donors (Lipinski definition) is 0. The molecule has 2 aliphatic rings. The maximum Gasteiger partial charge on any atom is 0.150 e. The lowest BCUT2D eigenvalue weighted by Crippen LogP contribution is -2.42. The molecule has 2 fully saturated rings. The smallest absolute Gasteiger partial charge is 0.150 e. The molecule has 0 aromatic carbocycles. The van der Waals surface area contributed by atoms with Crippen LogP contribution in [-0.2, 0) is 11.3 Å². The lowest BCUT2D eigenvalue weighted by Gasteiger charge is -2.31. The van der Waals surface area contributed by atoms with Gasteiger partial charge in [0.2, 0.25) is 0 Å². The summed E-state index contributed by atoms with van der Waals surface area (Å²) in [6.07, 6.45) is 5.50. The van der Waals surface area contributed by atoms with Crippen LogP contribution in [0.5, 0.6) is 0 Å². The summed E-state index contributed by atoms with van der Waals surface area (Å²) in [5.41, 5.74) is 0.959. The van der Waals surface area contributed by atoms with E-state index in [1.54, 1.807) is 0 Å². The van der Waals surface area contributed by atoms with Crippen LogP contribution in [-0.4, -0.2) is 60.4 Å². The van der Waals surface area contributed by atoms with Gasteiger partial charge in [-0.3, -0.25) is 4.90 Å². The number of likely N-dealkylation sites (tertiary alicyclic amines) is 1. The zero-order chi connectivity index (χ0) is 14.5. The number of ether oxygens (including phenoxy) is 1. The normalized spacial score (nSPS) is 25.9. The molecule has 2 aliphatic heterocycles. The number of hydrogen-bond acceptors (Lipinski definition) is 5. The molecule has 0 amide bonds. The van der Waals surface area contributed by atoms with Crippen molar-refractivity contribution >= 4 is 0 Å². The van der Waals surface area contributed by atoms with Gasteiger partial charge in [0.05, 0.1) is 18.3 Å². The van der Waals surface area contributed by atoms with Gasteiger partial charge in [0.1, 0.15) is 0 Å². The number of aryl methyl sites for hydroxylation is 1. The minimum absolute atomic E-state index is 0.328. The molecule has 0 bridgehead atoms. The SMILES string of the molecule is Cc1cc(CN2CCCO[C@H](CN3CCCCC3)C2)on1. The molecule has 5 nitrogen and oxygen atoms in total. The van der Waals surface area contributed by atoms with Crippen molar-refractivity contribution in [1.82, 2.24) is 15.0 Å². The largest absolute Gasteiger partial charge is 0.376 e. The molecular weight excluding hydrogens is 266 g/mol. The Labute approximate surface area is 127 Å². The van der Waals surface area contributed by atoms with Crippen molar-refractivity contribution in [1.29, 1.82) is 0 Å². The maximum absolute atomic E-state index is 6.05. The fraction of sp³-hybridized carbons (Fsp3) is 0.812. The molecule has 1 aromatic rings. The fourth-order valence-electron chi connectivity index (χ4n) is 3.37. The second-order valence-corrected chi connectivity index (χ2v) is 6.38. The van der Waals surface area contributed by atoms with E-state index in [9.17, 15) is 0 Å². The van der Waals surface area contributed by atoms with Crippen LogP contribution in [0.25, 0.3) is 0 Å². The van der Waals surface area contributed by atoms with Gasteiger partial charge < -0.3 is 14.2 Å². The molecular formula is C16H27N3O2. The highest BCUT2D eigenvalue weighted by atomic mass is 16.5. The van der Waals surface area contributed by atoms with E-state index in [0.29, 0.717) is 6.10 Å². The highest BCUT2D eigenvalue weighted by Crippen LogP contribution is 2.15. The monoisotopic (exact) mass is 293 g/mol. The van der Waals surface area contributed by atoms with Gasteiger partial charge >= 0.3 is 0 Å². The molecule has 0 spiro atoms. The van der Waals surface area contributed by atoms with E-state index in [2.05, 4.69) is 15.0 Å². The van der Waals surface area contributed by atoms with Crippen molar-refractivity contribution in [3.05, 3.63) is 17.5 Å². The highest BCUT2D eigenvalue weighted by Gasteiger charge is 2.23. The standard InChI is InChI=1S/C16H27N3O2/c1-14-10-15(21-17-14)11-19-8-5-9-20-16(13-19)12-18-6-3-2-4-7-18/h10,16H,2-9,11-13H2,1H3/t16-/m1/s1. The third-order valence-electron chi connectivity index (χ3n) is 4.40. The molecule has 1 aromatic heterocycles. The molecule has 0 N–H and O–H groups in total. The lowest BCUT2D eigenvalue weighted by atomic mass is 10.1. The van der Waals surface area contributed by atoms with Crippen LogP contribution >= 0.6 is 0 Å². The molecule has 0 unspecified atom stereocenters. The van der Waals surface area contributed by atoms with Gasteiger partial charge in [-0.25, -0.2) is 0 Å². The molecule has 0 radical (unpaired) electrons. The second-order valence-electron chi connectivity index (χ2n) is 6.38. The topological polar surface area (TPSA) is 41.7 Å². The Morgan fingerprint density at radius 3 is 2.71 bits per heavy atom. The third kappa shape index (κ3) is 4.53. The van der Waals surface area contributed by atoms with Crippen LogP contribution in [0.3, 0.4) is 0 Å². The van der Waals surface area contributed by atoms with E-state index in [0.717, 1.165) is 50.7 Å². The van der Waals surface area contributed by atoms with E-state index in [-0.39, 0.29) is 0 Å². The van der Waals surface area contributed by atoms with Gasteiger partial charge in [-0.15, -0.1) is 0 Å². The van der Waals surface area contributed by atoms with Gasteiger partial charge in [-0.05, 0) is 39.3 Å². The summed E-state index contributed by atoms with van der Waals surface area (Å²) >= 11 is 0. The minimum atomic E-state index is 0.328. The highest BCUT2D eigenvalue weighted by molar-refractivity contribution is 5.03. The van der Waals surface area contributed by atoms with Gasteiger partial charge in [0.15, 0.2) is 5.76 Å². The Balaban J connectivity index is 1.52. The predicted octanol–water partition coefficient (Wildman–Crippen LogP) is 2.06. The van der Waals surface area contributed by atoms with E-state index in [4.69, 9.17) is 9.26 Å². The maximum atomic E-state index is 6.05. The molecule has 3 rings (SSSR count). The summed E-state index contributed by atoms with van der Waals surface area (Å²) in [6, 6.07) is 2.03. The first-order valence-corrected chi connectivity index (χ1v) is 8.28. The van der Waals surface area contributed by atoms with Crippen molar-refractivity contribution in [3.63, 3.8) is 0 Å². The Morgan fingerprint density at radius 1 is 1.14 bits per heavy atom. The van der Waals surface area contributed by atoms with E-state index >= 15 is 0 Å². The Kier molecular flexibility index (Phi) is 5.27. The second kappa shape index (κ2) is 7.38. The van der Waals surface area contributed by atoms with Crippen molar-refractivity contribution in [2.24, 2.45) is 0 Å². The van der Waals surface area contributed by atoms with Crippen molar-refractivity contribution < 1.29 is 9.26 Å². The van der Waals surface area contributed by atoms with Gasteiger partial charge in [-0.1, -0.05) is 11.6 Å². The van der Waals surface area contributed by atoms with E-state index in [1.807, 2.05) is 13.0 Å². The number of aromatic nitrogens is 1. The average Bonchev–Trinajstić information content (AvgIpc) is 2.76. The Morgan fingerprint density at radius 2 is 1.95 bits per heavy atom. The first-order valence-electron chi connectivity index (χ1n) is 8.28. The summed E-state index contributed by atoms with van der Waals surface area (Å²) in [6.45, 7) is 9.32. The Bertz CT molecular complexity index is 429. The van der Waals surface area contributed by atoms with Crippen molar-refractivity contribution in [3.8, 4) is 0 Å². The first-order chi connectivity index (χ1) is 10.3. The van der Waals surface area contributed by atoms with Crippen LogP contribution in [0.1, 0.15) is 37.1 Å². The zero-order valence-corrected chi connectivity index (χ0v) is 13.1. The molecule has 1 atom stereocenters. The van der Waals surface area contributed by atoms with Gasteiger partial charge in [-0.2, -0.15) is 0 Å². The predicted molar refractivity (Wildman–Crippen MR) is 81.2 cm³/mol. The summed E-state index contributed by atoms with van der Waals surface area (Å²) in [5, 5.41) is 3.98. The van der Waals surface area contributed by atoms with Crippen LogP contribution in [0.2, 0.25) is 0 Å². The van der Waals surface area contributed by atoms with Crippen LogP contribution in [0.15, 0.2) is 10.6 Å². The summed E-state index contributed by atoms with van der Waals surface area (Å²) in [7, 11) is 0. The molecule has 5 heteroatoms. The van der Waals surface area contributed by atoms with E-state index < -0.39 is 0 Å². The van der Waals surface area contributed by atoms with Crippen LogP contribution in [0.4, 0.5) is 0 Å². The molecule has 21 heavy (non-hydrogen) atoms. The van der Waals surface area contributed by atoms with Gasteiger partial charge in [0, 0.05) is 32.3 Å². The number of rotatable bonds is 4. The third-order valence-corrected chi connectivity index (χ3v) is 4.40. The molecule has 118 valence electrons. The average molecular weight is 293 g/mol.